The van der Waals surface area contributed by atoms with Crippen LogP contribution in [0.15, 0.2) is 6.07 Å². The number of nitrogens with one attached hydrogen (secondary N) is 2. The normalized spacial score (nSPS) is 12.2. The van der Waals surface area contributed by atoms with Crippen molar-refractivity contribution >= 4 is 29.3 Å². The van der Waals surface area contributed by atoms with Gasteiger partial charge in [-0.05, 0) is 24.9 Å². The molecule has 6 heteroatoms. The smallest absolute Gasteiger partial charge is 0.223 e. The monoisotopic (exact) mass is 255 g/mol. The third-order valence-corrected chi connectivity index (χ3v) is 3.23. The third kappa shape index (κ3) is 5.12. The number of thioether (sulfide) groups is 1. The first kappa shape index (κ1) is 13.9. The molecular weight excluding hydrogens is 234 g/mol. The van der Waals surface area contributed by atoms with Crippen molar-refractivity contribution in [2.75, 3.05) is 34.9 Å². The van der Waals surface area contributed by atoms with Crippen molar-refractivity contribution in [2.24, 2.45) is 0 Å². The van der Waals surface area contributed by atoms with E-state index < -0.39 is 0 Å². The molecule has 1 atom stereocenters. The quantitative estimate of drug-likeness (QED) is 0.647. The van der Waals surface area contributed by atoms with Gasteiger partial charge in [-0.1, -0.05) is 6.92 Å². The maximum absolute atomic E-state index is 5.63. The first-order chi connectivity index (χ1) is 8.15. The van der Waals surface area contributed by atoms with Gasteiger partial charge in [0.1, 0.15) is 11.6 Å². The van der Waals surface area contributed by atoms with Gasteiger partial charge < -0.3 is 16.4 Å². The van der Waals surface area contributed by atoms with Crippen LogP contribution in [-0.2, 0) is 0 Å². The highest BCUT2D eigenvalue weighted by Gasteiger charge is 2.05. The highest BCUT2D eigenvalue weighted by molar-refractivity contribution is 7.99. The minimum Gasteiger partial charge on any atom is -0.373 e. The van der Waals surface area contributed by atoms with Crippen LogP contribution in [0.2, 0.25) is 0 Å². The summed E-state index contributed by atoms with van der Waals surface area (Å²) >= 11 is 1.95. The number of anilines is 3. The van der Waals surface area contributed by atoms with E-state index in [4.69, 9.17) is 5.73 Å². The molecule has 0 aliphatic rings. The second kappa shape index (κ2) is 7.21. The van der Waals surface area contributed by atoms with Gasteiger partial charge in [0.15, 0.2) is 0 Å². The van der Waals surface area contributed by atoms with E-state index in [2.05, 4.69) is 34.4 Å². The van der Waals surface area contributed by atoms with Crippen molar-refractivity contribution in [2.45, 2.75) is 26.3 Å². The van der Waals surface area contributed by atoms with Crippen LogP contribution in [0.1, 0.15) is 20.3 Å². The Morgan fingerprint density at radius 2 is 2.12 bits per heavy atom. The van der Waals surface area contributed by atoms with Gasteiger partial charge in [-0.2, -0.15) is 21.7 Å². The zero-order chi connectivity index (χ0) is 12.7. The molecule has 4 N–H and O–H groups in total. The lowest BCUT2D eigenvalue weighted by atomic mass is 10.2. The molecule has 17 heavy (non-hydrogen) atoms. The minimum absolute atomic E-state index is 0.287. The summed E-state index contributed by atoms with van der Waals surface area (Å²) < 4.78 is 0. The van der Waals surface area contributed by atoms with Crippen LogP contribution in [0.25, 0.3) is 0 Å². The first-order valence-corrected chi connectivity index (χ1v) is 6.97. The first-order valence-electron chi connectivity index (χ1n) is 5.82. The zero-order valence-electron chi connectivity index (χ0n) is 10.7. The molecule has 0 amide bonds. The minimum atomic E-state index is 0.287. The van der Waals surface area contributed by atoms with E-state index in [1.165, 1.54) is 0 Å². The Balaban J connectivity index is 2.52. The van der Waals surface area contributed by atoms with Crippen molar-refractivity contribution in [3.63, 3.8) is 0 Å². The number of hydrogen-bond acceptors (Lipinski definition) is 6. The van der Waals surface area contributed by atoms with Crippen LogP contribution < -0.4 is 16.4 Å². The molecule has 1 aromatic rings. The number of nitrogen functional groups attached to an aromatic ring is 1. The van der Waals surface area contributed by atoms with Gasteiger partial charge in [0, 0.05) is 19.2 Å². The van der Waals surface area contributed by atoms with E-state index in [0.29, 0.717) is 6.04 Å². The summed E-state index contributed by atoms with van der Waals surface area (Å²) in [5, 5.41) is 6.29. The molecule has 0 fully saturated rings. The maximum atomic E-state index is 5.63. The lowest BCUT2D eigenvalue weighted by Crippen LogP contribution is -2.17. The van der Waals surface area contributed by atoms with Crippen molar-refractivity contribution in [1.29, 1.82) is 0 Å². The molecule has 0 radical (unpaired) electrons. The number of aromatic nitrogens is 2. The lowest BCUT2D eigenvalue weighted by Gasteiger charge is -2.14. The van der Waals surface area contributed by atoms with E-state index in [0.717, 1.165) is 29.6 Å². The van der Waals surface area contributed by atoms with E-state index >= 15 is 0 Å². The molecule has 5 nitrogen and oxygen atoms in total. The van der Waals surface area contributed by atoms with Gasteiger partial charge in [-0.25, -0.2) is 0 Å². The summed E-state index contributed by atoms with van der Waals surface area (Å²) in [6.07, 6.45) is 1.11. The average Bonchev–Trinajstić information content (AvgIpc) is 2.28. The Kier molecular flexibility index (Phi) is 5.90. The lowest BCUT2D eigenvalue weighted by molar-refractivity contribution is 0.766. The Hall–Kier alpha value is -1.17. The Morgan fingerprint density at radius 3 is 2.76 bits per heavy atom. The van der Waals surface area contributed by atoms with E-state index in [1.807, 2.05) is 24.9 Å². The standard InChI is InChI=1S/C11H21N5S/c1-4-17-6-5-8(2)14-10-7-9(13-3)15-11(12)16-10/h7-8H,4-6H2,1-3H3,(H4,12,13,14,15,16). The molecule has 0 aromatic carbocycles. The summed E-state index contributed by atoms with van der Waals surface area (Å²) in [5.41, 5.74) is 5.63. The predicted molar refractivity (Wildman–Crippen MR) is 76.7 cm³/mol. The summed E-state index contributed by atoms with van der Waals surface area (Å²) in [5.74, 6) is 4.11. The van der Waals surface area contributed by atoms with Crippen LogP contribution >= 0.6 is 11.8 Å². The van der Waals surface area contributed by atoms with Crippen LogP contribution in [-0.4, -0.2) is 34.6 Å². The second-order valence-electron chi connectivity index (χ2n) is 3.78. The van der Waals surface area contributed by atoms with Gasteiger partial charge in [0.2, 0.25) is 5.95 Å². The Morgan fingerprint density at radius 1 is 1.41 bits per heavy atom. The Bertz CT molecular complexity index is 345. The molecule has 1 aromatic heterocycles. The highest BCUT2D eigenvalue weighted by atomic mass is 32.2. The summed E-state index contributed by atoms with van der Waals surface area (Å²) in [4.78, 5) is 8.21. The van der Waals surface area contributed by atoms with E-state index in [-0.39, 0.29) is 5.95 Å². The second-order valence-corrected chi connectivity index (χ2v) is 5.17. The fourth-order valence-electron chi connectivity index (χ4n) is 1.40. The molecule has 1 heterocycles. The van der Waals surface area contributed by atoms with Crippen LogP contribution in [0.4, 0.5) is 17.6 Å². The molecular formula is C11H21N5S. The number of rotatable bonds is 7. The van der Waals surface area contributed by atoms with Gasteiger partial charge in [0.05, 0.1) is 0 Å². The molecule has 0 saturated heterocycles. The molecule has 96 valence electrons. The van der Waals surface area contributed by atoms with Crippen LogP contribution in [0, 0.1) is 0 Å². The average molecular weight is 255 g/mol. The number of nitrogens with two attached hydrogens (primary N) is 1. The van der Waals surface area contributed by atoms with Gasteiger partial charge in [-0.3, -0.25) is 0 Å². The molecule has 0 bridgehead atoms. The van der Waals surface area contributed by atoms with Crippen molar-refractivity contribution < 1.29 is 0 Å². The van der Waals surface area contributed by atoms with Gasteiger partial charge in [0.25, 0.3) is 0 Å². The van der Waals surface area contributed by atoms with Gasteiger partial charge >= 0.3 is 0 Å². The number of nitrogens with zero attached hydrogens (tertiary/aromatic N) is 2. The fourth-order valence-corrected chi connectivity index (χ4v) is 2.21. The molecule has 0 aliphatic heterocycles. The van der Waals surface area contributed by atoms with Crippen LogP contribution in [0.5, 0.6) is 0 Å². The third-order valence-electron chi connectivity index (χ3n) is 2.29. The van der Waals surface area contributed by atoms with Crippen molar-refractivity contribution in [1.82, 2.24) is 9.97 Å². The summed E-state index contributed by atoms with van der Waals surface area (Å²) in [6.45, 7) is 4.32. The van der Waals surface area contributed by atoms with Gasteiger partial charge in [-0.15, -0.1) is 0 Å². The van der Waals surface area contributed by atoms with Crippen molar-refractivity contribution in [3.8, 4) is 0 Å². The van der Waals surface area contributed by atoms with Crippen molar-refractivity contribution in [3.05, 3.63) is 6.07 Å². The predicted octanol–water partition coefficient (Wildman–Crippen LogP) is 2.04. The molecule has 1 rings (SSSR count). The van der Waals surface area contributed by atoms with E-state index in [9.17, 15) is 0 Å². The molecule has 1 unspecified atom stereocenters. The largest absolute Gasteiger partial charge is 0.373 e. The highest BCUT2D eigenvalue weighted by Crippen LogP contribution is 2.14. The topological polar surface area (TPSA) is 75.9 Å². The SMILES string of the molecule is CCSCCC(C)Nc1cc(NC)nc(N)n1. The Labute approximate surface area is 107 Å². The fraction of sp³-hybridized carbons (Fsp3) is 0.636. The number of hydrogen-bond donors (Lipinski definition) is 3. The summed E-state index contributed by atoms with van der Waals surface area (Å²) in [7, 11) is 1.81. The molecule has 0 aliphatic carbocycles. The zero-order valence-corrected chi connectivity index (χ0v) is 11.5. The van der Waals surface area contributed by atoms with E-state index in [1.54, 1.807) is 0 Å². The molecule has 0 spiro atoms. The summed E-state index contributed by atoms with van der Waals surface area (Å²) in [6, 6.07) is 2.24. The molecule has 0 saturated carbocycles. The maximum Gasteiger partial charge on any atom is 0.223 e. The van der Waals surface area contributed by atoms with Crippen LogP contribution in [0.3, 0.4) is 0 Å².